The van der Waals surface area contributed by atoms with Crippen molar-refractivity contribution in [3.05, 3.63) is 0 Å². The molecule has 1 amide bonds. The molecule has 0 aromatic heterocycles. The highest BCUT2D eigenvalue weighted by Gasteiger charge is 2.76. The van der Waals surface area contributed by atoms with Gasteiger partial charge in [-0.2, -0.15) is 4.79 Å². The van der Waals surface area contributed by atoms with Crippen molar-refractivity contribution in [3.63, 3.8) is 0 Å². The Morgan fingerprint density at radius 3 is 2.25 bits per heavy atom. The number of aliphatic carboxylic acids is 1. The van der Waals surface area contributed by atoms with Crippen molar-refractivity contribution >= 4 is 12.1 Å². The van der Waals surface area contributed by atoms with Crippen molar-refractivity contribution in [1.29, 1.82) is 0 Å². The zero-order chi connectivity index (χ0) is 15.3. The number of likely N-dealkylation sites (tertiary alicyclic amines) is 1. The number of carboxylic acid groups (broad SMARTS) is 2. The predicted octanol–water partition coefficient (Wildman–Crippen LogP) is 2.94. The van der Waals surface area contributed by atoms with Crippen LogP contribution < -0.4 is 0 Å². The molecule has 1 saturated carbocycles. The molecule has 2 fully saturated rings. The summed E-state index contributed by atoms with van der Waals surface area (Å²) < 4.78 is -0.332. The van der Waals surface area contributed by atoms with E-state index in [-0.39, 0.29) is 16.3 Å². The van der Waals surface area contributed by atoms with Gasteiger partial charge in [0.2, 0.25) is 5.54 Å². The Balaban J connectivity index is 2.72. The van der Waals surface area contributed by atoms with Crippen LogP contribution in [0, 0.1) is 11.8 Å². The molecule has 0 aromatic rings. The van der Waals surface area contributed by atoms with Crippen molar-refractivity contribution < 1.29 is 24.3 Å². The van der Waals surface area contributed by atoms with Gasteiger partial charge in [-0.3, -0.25) is 0 Å². The standard InChI is InChI=1S/C15H25NO4/c1-5-15(12(17)18)11-8-6-7-10(11)9-16(15,13(19)20)14(2,3)4/h10-11H,5-9H2,1-4H3,(H-,17,18,19,20)/p+1/t10?,11?,15-,16?/m0/s1. The molecule has 2 rings (SSSR count). The third-order valence-electron chi connectivity index (χ3n) is 5.84. The number of hydrogen-bond donors (Lipinski definition) is 2. The first-order valence-corrected chi connectivity index (χ1v) is 7.50. The van der Waals surface area contributed by atoms with Crippen LogP contribution in [-0.2, 0) is 4.79 Å². The molecule has 4 atom stereocenters. The molecule has 0 radical (unpaired) electrons. The van der Waals surface area contributed by atoms with Crippen molar-refractivity contribution in [1.82, 2.24) is 0 Å². The number of hydrogen-bond acceptors (Lipinski definition) is 2. The number of amides is 1. The SMILES string of the molecule is CC[C@@]1(C(=O)O)C2CCCC2C[N+]1(C(=O)O)C(C)(C)C. The molecule has 0 aromatic carbocycles. The Morgan fingerprint density at radius 2 is 1.85 bits per heavy atom. The van der Waals surface area contributed by atoms with Crippen molar-refractivity contribution in [3.8, 4) is 0 Å². The van der Waals surface area contributed by atoms with Gasteiger partial charge in [0.25, 0.3) is 0 Å². The van der Waals surface area contributed by atoms with E-state index in [1.165, 1.54) is 0 Å². The molecule has 3 unspecified atom stereocenters. The summed E-state index contributed by atoms with van der Waals surface area (Å²) in [5, 5.41) is 20.0. The molecule has 0 bridgehead atoms. The van der Waals surface area contributed by atoms with Crippen LogP contribution in [0.3, 0.4) is 0 Å². The second-order valence-electron chi connectivity index (χ2n) is 7.33. The first-order valence-electron chi connectivity index (χ1n) is 7.50. The Hall–Kier alpha value is -1.10. The Morgan fingerprint density at radius 1 is 1.25 bits per heavy atom. The summed E-state index contributed by atoms with van der Waals surface area (Å²) in [6.07, 6.45) is 2.20. The molecular formula is C15H26NO4+. The summed E-state index contributed by atoms with van der Waals surface area (Å²) >= 11 is 0. The van der Waals surface area contributed by atoms with Crippen LogP contribution in [0.1, 0.15) is 53.4 Å². The van der Waals surface area contributed by atoms with Crippen LogP contribution in [0.15, 0.2) is 0 Å². The molecule has 0 spiro atoms. The zero-order valence-corrected chi connectivity index (χ0v) is 12.8. The molecular weight excluding hydrogens is 258 g/mol. The predicted molar refractivity (Wildman–Crippen MR) is 74.4 cm³/mol. The largest absolute Gasteiger partial charge is 0.514 e. The van der Waals surface area contributed by atoms with Gasteiger partial charge in [-0.05, 0) is 33.6 Å². The summed E-state index contributed by atoms with van der Waals surface area (Å²) in [5.41, 5.74) is -1.82. The zero-order valence-electron chi connectivity index (χ0n) is 12.8. The maximum atomic E-state index is 12.2. The smallest absolute Gasteiger partial charge is 0.477 e. The quantitative estimate of drug-likeness (QED) is 0.764. The van der Waals surface area contributed by atoms with Crippen LogP contribution in [0.5, 0.6) is 0 Å². The highest BCUT2D eigenvalue weighted by atomic mass is 16.4. The average Bonchev–Trinajstić information content (AvgIpc) is 2.83. The average molecular weight is 284 g/mol. The molecule has 20 heavy (non-hydrogen) atoms. The molecule has 2 N–H and O–H groups in total. The highest BCUT2D eigenvalue weighted by Crippen LogP contribution is 2.57. The summed E-state index contributed by atoms with van der Waals surface area (Å²) in [6, 6.07) is 0. The topological polar surface area (TPSA) is 74.6 Å². The van der Waals surface area contributed by atoms with Crippen molar-refractivity contribution in [2.75, 3.05) is 6.54 Å². The number of fused-ring (bicyclic) bond motifs is 1. The van der Waals surface area contributed by atoms with Crippen LogP contribution in [0.25, 0.3) is 0 Å². The van der Waals surface area contributed by atoms with Gasteiger partial charge < -0.3 is 10.2 Å². The lowest BCUT2D eigenvalue weighted by Gasteiger charge is -2.51. The van der Waals surface area contributed by atoms with Crippen LogP contribution >= 0.6 is 0 Å². The molecule has 1 heterocycles. The third-order valence-corrected chi connectivity index (χ3v) is 5.84. The summed E-state index contributed by atoms with van der Waals surface area (Å²) in [4.78, 5) is 24.4. The number of quaternary nitrogens is 1. The fourth-order valence-electron chi connectivity index (χ4n) is 5.10. The van der Waals surface area contributed by atoms with Crippen LogP contribution in [0.2, 0.25) is 0 Å². The maximum absolute atomic E-state index is 12.2. The van der Waals surface area contributed by atoms with Crippen molar-refractivity contribution in [2.24, 2.45) is 11.8 Å². The fourth-order valence-corrected chi connectivity index (χ4v) is 5.10. The summed E-state index contributed by atoms with van der Waals surface area (Å²) in [5.74, 6) is -0.728. The maximum Gasteiger partial charge on any atom is 0.514 e. The lowest BCUT2D eigenvalue weighted by Crippen LogP contribution is -2.75. The normalized spacial score (nSPS) is 40.6. The molecule has 1 aliphatic heterocycles. The molecule has 5 nitrogen and oxygen atoms in total. The fraction of sp³-hybridized carbons (Fsp3) is 0.867. The lowest BCUT2D eigenvalue weighted by molar-refractivity contribution is -0.934. The van der Waals surface area contributed by atoms with Gasteiger partial charge in [0.15, 0.2) is 0 Å². The van der Waals surface area contributed by atoms with Crippen LogP contribution in [-0.4, -0.2) is 44.4 Å². The van der Waals surface area contributed by atoms with E-state index in [4.69, 9.17) is 0 Å². The minimum Gasteiger partial charge on any atom is -0.477 e. The second kappa shape index (κ2) is 4.45. The monoisotopic (exact) mass is 284 g/mol. The number of rotatable bonds is 2. The first-order chi connectivity index (χ1) is 9.15. The molecule has 2 aliphatic rings. The van der Waals surface area contributed by atoms with Gasteiger partial charge in [-0.15, -0.1) is 0 Å². The van der Waals surface area contributed by atoms with Crippen LogP contribution in [0.4, 0.5) is 4.79 Å². The Bertz CT molecular complexity index is 442. The van der Waals surface area contributed by atoms with E-state index in [0.29, 0.717) is 13.0 Å². The Kier molecular flexibility index (Phi) is 3.40. The van der Waals surface area contributed by atoms with Gasteiger partial charge in [-0.1, -0.05) is 13.3 Å². The lowest BCUT2D eigenvalue weighted by atomic mass is 9.76. The summed E-state index contributed by atoms with van der Waals surface area (Å²) in [6.45, 7) is 7.85. The van der Waals surface area contributed by atoms with Gasteiger partial charge in [0.05, 0.1) is 6.54 Å². The van der Waals surface area contributed by atoms with Crippen molar-refractivity contribution in [2.45, 2.75) is 64.5 Å². The minimum absolute atomic E-state index is 0.0136. The number of nitrogens with zero attached hydrogens (tertiary/aromatic N) is 1. The van der Waals surface area contributed by atoms with E-state index in [1.54, 1.807) is 0 Å². The first kappa shape index (κ1) is 15.3. The van der Waals surface area contributed by atoms with Gasteiger partial charge in [0.1, 0.15) is 5.54 Å². The molecule has 114 valence electrons. The van der Waals surface area contributed by atoms with E-state index >= 15 is 0 Å². The molecule has 1 saturated heterocycles. The Labute approximate surface area is 120 Å². The summed E-state index contributed by atoms with van der Waals surface area (Å²) in [7, 11) is 0. The highest BCUT2D eigenvalue weighted by molar-refractivity contribution is 5.81. The minimum atomic E-state index is -1.19. The number of carboxylic acids is 1. The molecule has 1 aliphatic carbocycles. The van der Waals surface area contributed by atoms with E-state index in [1.807, 2.05) is 27.7 Å². The van der Waals surface area contributed by atoms with Gasteiger partial charge >= 0.3 is 12.1 Å². The third kappa shape index (κ3) is 1.53. The van der Waals surface area contributed by atoms with E-state index in [9.17, 15) is 19.8 Å². The van der Waals surface area contributed by atoms with E-state index in [2.05, 4.69) is 0 Å². The second-order valence-corrected chi connectivity index (χ2v) is 7.33. The molecule has 5 heteroatoms. The van der Waals surface area contributed by atoms with E-state index in [0.717, 1.165) is 19.3 Å². The number of carbonyl (C=O) groups is 2. The van der Waals surface area contributed by atoms with E-state index < -0.39 is 23.1 Å². The van der Waals surface area contributed by atoms with Gasteiger partial charge in [-0.25, -0.2) is 9.28 Å². The van der Waals surface area contributed by atoms with Gasteiger partial charge in [0, 0.05) is 18.3 Å².